The van der Waals surface area contributed by atoms with E-state index in [1.54, 1.807) is 6.07 Å². The fourth-order valence-electron chi connectivity index (χ4n) is 3.32. The maximum Gasteiger partial charge on any atom is 0.246 e. The molecule has 1 aliphatic carbocycles. The van der Waals surface area contributed by atoms with E-state index >= 15 is 0 Å². The highest BCUT2D eigenvalue weighted by Crippen LogP contribution is 2.39. The molecule has 2 atom stereocenters. The summed E-state index contributed by atoms with van der Waals surface area (Å²) in [5.41, 5.74) is 0.547. The van der Waals surface area contributed by atoms with E-state index in [0.29, 0.717) is 42.9 Å². The number of aromatic nitrogens is 2. The summed E-state index contributed by atoms with van der Waals surface area (Å²) in [7, 11) is 0. The van der Waals surface area contributed by atoms with Gasteiger partial charge in [-0.3, -0.25) is 4.90 Å². The molecule has 1 saturated carbocycles. The van der Waals surface area contributed by atoms with E-state index in [4.69, 9.17) is 19.3 Å². The van der Waals surface area contributed by atoms with Crippen molar-refractivity contribution in [2.45, 2.75) is 37.8 Å². The normalized spacial score (nSPS) is 23.5. The lowest BCUT2D eigenvalue weighted by Crippen LogP contribution is -2.45. The Labute approximate surface area is 152 Å². The lowest BCUT2D eigenvalue weighted by molar-refractivity contribution is -0.0755. The first-order chi connectivity index (χ1) is 12.8. The summed E-state index contributed by atoms with van der Waals surface area (Å²) >= 11 is 0. The van der Waals surface area contributed by atoms with Gasteiger partial charge in [0.25, 0.3) is 0 Å². The summed E-state index contributed by atoms with van der Waals surface area (Å²) in [6.07, 6.45) is 2.26. The Morgan fingerprint density at radius 3 is 3.00 bits per heavy atom. The number of nitriles is 1. The SMILES string of the molecule is C[C@H]1OCCN(CCOc2ccccc2C#N)[C@@H]1c1nc(C2CC2)no1. The zero-order valence-corrected chi connectivity index (χ0v) is 14.8. The highest BCUT2D eigenvalue weighted by Gasteiger charge is 2.37. The summed E-state index contributed by atoms with van der Waals surface area (Å²) in [5, 5.41) is 13.3. The van der Waals surface area contributed by atoms with Gasteiger partial charge in [-0.25, -0.2) is 0 Å². The Balaban J connectivity index is 1.42. The van der Waals surface area contributed by atoms with Crippen LogP contribution in [-0.2, 0) is 4.74 Å². The van der Waals surface area contributed by atoms with E-state index in [1.807, 2.05) is 25.1 Å². The van der Waals surface area contributed by atoms with Gasteiger partial charge in [0.2, 0.25) is 5.89 Å². The molecule has 1 saturated heterocycles. The van der Waals surface area contributed by atoms with Crippen molar-refractivity contribution in [2.24, 2.45) is 0 Å². The molecule has 2 fully saturated rings. The first kappa shape index (κ1) is 17.0. The third-order valence-corrected chi connectivity index (χ3v) is 4.89. The number of nitrogens with zero attached hydrogens (tertiary/aromatic N) is 4. The van der Waals surface area contributed by atoms with Crippen molar-refractivity contribution < 1.29 is 14.0 Å². The Hall–Kier alpha value is -2.43. The number of hydrogen-bond acceptors (Lipinski definition) is 7. The summed E-state index contributed by atoms with van der Waals surface area (Å²) < 4.78 is 17.2. The van der Waals surface area contributed by atoms with Crippen LogP contribution in [0.1, 0.15) is 49.0 Å². The Kier molecular flexibility index (Phi) is 4.87. The molecule has 7 nitrogen and oxygen atoms in total. The standard InChI is InChI=1S/C19H22N4O3/c1-13-17(19-21-18(22-26-19)14-6-7-14)23(8-10-24-13)9-11-25-16-5-3-2-4-15(16)12-20/h2-5,13-14,17H,6-11H2,1H3/t13-,17+/m1/s1. The van der Waals surface area contributed by atoms with Gasteiger partial charge >= 0.3 is 0 Å². The lowest BCUT2D eigenvalue weighted by Gasteiger charge is -2.37. The van der Waals surface area contributed by atoms with Crippen molar-refractivity contribution in [3.63, 3.8) is 0 Å². The second kappa shape index (κ2) is 7.44. The van der Waals surface area contributed by atoms with Gasteiger partial charge in [0.05, 0.1) is 18.3 Å². The predicted molar refractivity (Wildman–Crippen MR) is 92.7 cm³/mol. The van der Waals surface area contributed by atoms with Crippen molar-refractivity contribution in [2.75, 3.05) is 26.3 Å². The minimum atomic E-state index is -0.0708. The fourth-order valence-corrected chi connectivity index (χ4v) is 3.32. The number of hydrogen-bond donors (Lipinski definition) is 0. The van der Waals surface area contributed by atoms with Gasteiger partial charge in [-0.15, -0.1) is 0 Å². The van der Waals surface area contributed by atoms with Crippen LogP contribution in [0.3, 0.4) is 0 Å². The molecule has 0 N–H and O–H groups in total. The topological polar surface area (TPSA) is 84.4 Å². The van der Waals surface area contributed by atoms with Gasteiger partial charge in [-0.1, -0.05) is 17.3 Å². The van der Waals surface area contributed by atoms with E-state index in [2.05, 4.69) is 21.1 Å². The molecule has 0 unspecified atom stereocenters. The van der Waals surface area contributed by atoms with Crippen molar-refractivity contribution in [1.82, 2.24) is 15.0 Å². The van der Waals surface area contributed by atoms with E-state index in [1.165, 1.54) is 0 Å². The monoisotopic (exact) mass is 354 g/mol. The molecule has 26 heavy (non-hydrogen) atoms. The van der Waals surface area contributed by atoms with Crippen molar-refractivity contribution in [1.29, 1.82) is 5.26 Å². The molecule has 0 bridgehead atoms. The third kappa shape index (κ3) is 3.57. The summed E-state index contributed by atoms with van der Waals surface area (Å²) in [6, 6.07) is 9.36. The molecule has 0 amide bonds. The van der Waals surface area contributed by atoms with Crippen LogP contribution in [-0.4, -0.2) is 47.4 Å². The van der Waals surface area contributed by atoms with E-state index < -0.39 is 0 Å². The van der Waals surface area contributed by atoms with Crippen LogP contribution in [0.25, 0.3) is 0 Å². The number of para-hydroxylation sites is 1. The van der Waals surface area contributed by atoms with Gasteiger partial charge in [-0.2, -0.15) is 10.2 Å². The number of ether oxygens (including phenoxy) is 2. The Morgan fingerprint density at radius 2 is 2.19 bits per heavy atom. The van der Waals surface area contributed by atoms with Crippen LogP contribution in [0, 0.1) is 11.3 Å². The average molecular weight is 354 g/mol. The molecule has 2 aromatic rings. The molecule has 7 heteroatoms. The smallest absolute Gasteiger partial charge is 0.246 e. The van der Waals surface area contributed by atoms with Gasteiger partial charge in [-0.05, 0) is 31.9 Å². The molecule has 2 heterocycles. The Bertz CT molecular complexity index is 796. The average Bonchev–Trinajstić information content (AvgIpc) is 3.40. The molecule has 1 aliphatic heterocycles. The van der Waals surface area contributed by atoms with Crippen LogP contribution < -0.4 is 4.74 Å². The van der Waals surface area contributed by atoms with Crippen molar-refractivity contribution >= 4 is 0 Å². The van der Waals surface area contributed by atoms with Gasteiger partial charge < -0.3 is 14.0 Å². The molecule has 1 aromatic carbocycles. The second-order valence-electron chi connectivity index (χ2n) is 6.78. The zero-order valence-electron chi connectivity index (χ0n) is 14.8. The molecule has 4 rings (SSSR count). The first-order valence-electron chi connectivity index (χ1n) is 9.07. The van der Waals surface area contributed by atoms with Gasteiger partial charge in [0, 0.05) is 19.0 Å². The third-order valence-electron chi connectivity index (χ3n) is 4.89. The predicted octanol–water partition coefficient (Wildman–Crippen LogP) is 2.66. The van der Waals surface area contributed by atoms with Gasteiger partial charge in [0.1, 0.15) is 24.5 Å². The van der Waals surface area contributed by atoms with Crippen molar-refractivity contribution in [3.05, 3.63) is 41.5 Å². The van der Waals surface area contributed by atoms with Crippen LogP contribution in [0.15, 0.2) is 28.8 Å². The Morgan fingerprint density at radius 1 is 1.35 bits per heavy atom. The van der Waals surface area contributed by atoms with E-state index in [-0.39, 0.29) is 12.1 Å². The fraction of sp³-hybridized carbons (Fsp3) is 0.526. The second-order valence-corrected chi connectivity index (χ2v) is 6.78. The number of benzene rings is 1. The van der Waals surface area contributed by atoms with Crippen LogP contribution >= 0.6 is 0 Å². The van der Waals surface area contributed by atoms with Crippen LogP contribution in [0.4, 0.5) is 0 Å². The zero-order chi connectivity index (χ0) is 17.9. The number of rotatable bonds is 6. The van der Waals surface area contributed by atoms with E-state index in [9.17, 15) is 0 Å². The van der Waals surface area contributed by atoms with Crippen molar-refractivity contribution in [3.8, 4) is 11.8 Å². The number of morpholine rings is 1. The lowest BCUT2D eigenvalue weighted by atomic mass is 10.1. The molecule has 1 aromatic heterocycles. The minimum absolute atomic E-state index is 0.0253. The molecule has 2 aliphatic rings. The molecular formula is C19H22N4O3. The van der Waals surface area contributed by atoms with Crippen LogP contribution in [0.2, 0.25) is 0 Å². The summed E-state index contributed by atoms with van der Waals surface area (Å²) in [4.78, 5) is 6.86. The largest absolute Gasteiger partial charge is 0.491 e. The summed E-state index contributed by atoms with van der Waals surface area (Å²) in [6.45, 7) is 4.64. The van der Waals surface area contributed by atoms with Gasteiger partial charge in [0.15, 0.2) is 5.82 Å². The quantitative estimate of drug-likeness (QED) is 0.788. The maximum absolute atomic E-state index is 9.16. The van der Waals surface area contributed by atoms with E-state index in [0.717, 1.165) is 25.2 Å². The highest BCUT2D eigenvalue weighted by molar-refractivity contribution is 5.42. The minimum Gasteiger partial charge on any atom is -0.491 e. The molecule has 0 spiro atoms. The molecule has 136 valence electrons. The maximum atomic E-state index is 9.16. The summed E-state index contributed by atoms with van der Waals surface area (Å²) in [5.74, 6) is 2.52. The molecule has 0 radical (unpaired) electrons. The highest BCUT2D eigenvalue weighted by atomic mass is 16.5. The molecular weight excluding hydrogens is 332 g/mol. The first-order valence-corrected chi connectivity index (χ1v) is 9.07. The van der Waals surface area contributed by atoms with Crippen LogP contribution in [0.5, 0.6) is 5.75 Å².